The lowest BCUT2D eigenvalue weighted by Gasteiger charge is -2.46. The van der Waals surface area contributed by atoms with Gasteiger partial charge in [0.15, 0.2) is 0 Å². The minimum atomic E-state index is -1.17. The molecular formula is C29H37N5O9S. The number of nitro groups is 1. The molecule has 44 heavy (non-hydrogen) atoms. The molecule has 1 aromatic rings. The molecule has 1 aromatic carbocycles. The molecule has 4 aliphatic heterocycles. The fourth-order valence-corrected chi connectivity index (χ4v) is 8.26. The molecule has 4 aliphatic rings. The Kier molecular flexibility index (Phi) is 9.18. The van der Waals surface area contributed by atoms with Crippen molar-refractivity contribution in [3.8, 4) is 0 Å². The van der Waals surface area contributed by atoms with Crippen LogP contribution < -0.4 is 0 Å². The number of carboxylic acids is 1. The smallest absolute Gasteiger partial charge is 0.410 e. The fraction of sp³-hybridized carbons (Fsp3) is 0.586. The largest absolute Gasteiger partial charge is 0.477 e. The molecule has 14 nitrogen and oxygen atoms in total. The summed E-state index contributed by atoms with van der Waals surface area (Å²) in [6.45, 7) is 5.55. The molecule has 0 aliphatic carbocycles. The first kappa shape index (κ1) is 31.7. The number of fused-ring (bicyclic) bond motifs is 1. The van der Waals surface area contributed by atoms with Gasteiger partial charge in [-0.15, -0.1) is 11.8 Å². The predicted molar refractivity (Wildman–Crippen MR) is 158 cm³/mol. The van der Waals surface area contributed by atoms with Crippen molar-refractivity contribution in [2.75, 3.05) is 39.8 Å². The topological polar surface area (TPSA) is 174 Å². The number of amides is 3. The van der Waals surface area contributed by atoms with Crippen molar-refractivity contribution in [1.29, 1.82) is 0 Å². The van der Waals surface area contributed by atoms with Crippen LogP contribution in [0.15, 0.2) is 34.9 Å². The van der Waals surface area contributed by atoms with Crippen LogP contribution in [0.3, 0.4) is 0 Å². The molecule has 4 heterocycles. The van der Waals surface area contributed by atoms with Crippen molar-refractivity contribution in [3.05, 3.63) is 50.5 Å². The van der Waals surface area contributed by atoms with Gasteiger partial charge < -0.3 is 29.6 Å². The maximum Gasteiger partial charge on any atom is 0.410 e. The molecule has 0 radical (unpaired) electrons. The number of nitrogens with zero attached hydrogens (tertiary/aromatic N) is 5. The van der Waals surface area contributed by atoms with Crippen LogP contribution in [-0.4, -0.2) is 122 Å². The van der Waals surface area contributed by atoms with Gasteiger partial charge >= 0.3 is 12.1 Å². The molecule has 0 spiro atoms. The van der Waals surface area contributed by atoms with Crippen LogP contribution in [0.25, 0.3) is 0 Å². The minimum absolute atomic E-state index is 0.0140. The summed E-state index contributed by atoms with van der Waals surface area (Å²) in [7, 11) is 1.87. The van der Waals surface area contributed by atoms with E-state index in [1.807, 2.05) is 18.9 Å². The highest BCUT2D eigenvalue weighted by Crippen LogP contribution is 2.52. The summed E-state index contributed by atoms with van der Waals surface area (Å²) in [6.07, 6.45) is -0.290. The van der Waals surface area contributed by atoms with Gasteiger partial charge in [0.05, 0.1) is 29.0 Å². The Morgan fingerprint density at radius 1 is 1.14 bits per heavy atom. The number of non-ortho nitro benzene ring substituents is 1. The molecule has 0 aromatic heterocycles. The standard InChI is InChI=1S/C29H37N5O9S/c1-16-23-22(17(2)35)27(37)33(23)24(28(38)39)25(16)44-20-13-21(30(3)14-20)26(36)31-9-4-10-32(12-11-31)29(40)43-15-18-5-7-19(8-6-18)34(41)42/h5-8,16-17,20-23,35H,4,9-15H2,1-3H3,(H,38,39)/t16-,17-,20+,21+,22-,23-/m1/s1. The number of hydrogen-bond acceptors (Lipinski definition) is 10. The molecule has 0 unspecified atom stereocenters. The number of nitro benzene ring substituents is 1. The van der Waals surface area contributed by atoms with E-state index in [2.05, 4.69) is 0 Å². The van der Waals surface area contributed by atoms with Crippen LogP contribution in [0.2, 0.25) is 0 Å². The first-order chi connectivity index (χ1) is 20.9. The van der Waals surface area contributed by atoms with E-state index in [0.29, 0.717) is 56.0 Å². The highest BCUT2D eigenvalue weighted by Gasteiger charge is 2.60. The molecular weight excluding hydrogens is 594 g/mol. The zero-order chi connectivity index (χ0) is 31.9. The zero-order valence-electron chi connectivity index (χ0n) is 24.8. The first-order valence-electron chi connectivity index (χ1n) is 14.7. The number of likely N-dealkylation sites (N-methyl/N-ethyl adjacent to an activating group) is 1. The lowest BCUT2D eigenvalue weighted by molar-refractivity contribution is -0.384. The number of β-lactam (4-membered cyclic amide) rings is 1. The number of aliphatic hydroxyl groups excluding tert-OH is 1. The number of carbonyl (C=O) groups is 4. The third-order valence-corrected chi connectivity index (χ3v) is 10.5. The summed E-state index contributed by atoms with van der Waals surface area (Å²) in [6, 6.07) is 5.01. The summed E-state index contributed by atoms with van der Waals surface area (Å²) in [5.74, 6) is -2.44. The van der Waals surface area contributed by atoms with Crippen molar-refractivity contribution in [2.24, 2.45) is 11.8 Å². The normalized spacial score (nSPS) is 28.0. The number of aliphatic carboxylic acids is 1. The summed E-state index contributed by atoms with van der Waals surface area (Å²) >= 11 is 1.42. The van der Waals surface area contributed by atoms with Gasteiger partial charge in [0.25, 0.3) is 5.69 Å². The molecule has 15 heteroatoms. The SMILES string of the molecule is C[C@@H](O)[C@H]1C(=O)N2C(C(=O)O)=C(S[C@H]3C[C@@H](C(=O)N4CCCN(C(=O)OCc5ccc([N+](=O)[O-])cc5)CC4)N(C)C3)[C@H](C)[C@H]12. The third kappa shape index (κ3) is 6.00. The quantitative estimate of drug-likeness (QED) is 0.243. The summed E-state index contributed by atoms with van der Waals surface area (Å²) in [5, 5.41) is 30.8. The molecule has 3 amide bonds. The Bertz CT molecular complexity index is 1370. The predicted octanol–water partition coefficient (Wildman–Crippen LogP) is 1.73. The minimum Gasteiger partial charge on any atom is -0.477 e. The van der Waals surface area contributed by atoms with E-state index in [9.17, 15) is 39.5 Å². The molecule has 238 valence electrons. The van der Waals surface area contributed by atoms with Crippen molar-refractivity contribution < 1.29 is 39.1 Å². The summed E-state index contributed by atoms with van der Waals surface area (Å²) < 4.78 is 5.41. The van der Waals surface area contributed by atoms with Gasteiger partial charge in [0.1, 0.15) is 12.3 Å². The van der Waals surface area contributed by atoms with Crippen LogP contribution in [0, 0.1) is 22.0 Å². The number of carbonyl (C=O) groups excluding carboxylic acids is 3. The van der Waals surface area contributed by atoms with E-state index in [0.717, 1.165) is 0 Å². The second-order valence-corrected chi connectivity index (χ2v) is 13.2. The highest BCUT2D eigenvalue weighted by atomic mass is 32.2. The van der Waals surface area contributed by atoms with E-state index < -0.39 is 35.0 Å². The van der Waals surface area contributed by atoms with Gasteiger partial charge in [-0.05, 0) is 44.5 Å². The van der Waals surface area contributed by atoms with Crippen LogP contribution in [0.1, 0.15) is 32.3 Å². The second-order valence-electron chi connectivity index (χ2n) is 11.8. The Morgan fingerprint density at radius 3 is 2.43 bits per heavy atom. The summed E-state index contributed by atoms with van der Waals surface area (Å²) in [4.78, 5) is 68.7. The van der Waals surface area contributed by atoms with E-state index in [1.165, 1.54) is 40.9 Å². The van der Waals surface area contributed by atoms with Crippen molar-refractivity contribution >= 4 is 41.3 Å². The second kappa shape index (κ2) is 12.7. The van der Waals surface area contributed by atoms with Crippen molar-refractivity contribution in [3.63, 3.8) is 0 Å². The Hall–Kier alpha value is -3.69. The number of hydrogen-bond donors (Lipinski definition) is 2. The van der Waals surface area contributed by atoms with Crippen molar-refractivity contribution in [1.82, 2.24) is 19.6 Å². The number of rotatable bonds is 8. The molecule has 5 rings (SSSR count). The lowest BCUT2D eigenvalue weighted by atomic mass is 9.79. The number of carboxylic acid groups (broad SMARTS) is 1. The van der Waals surface area contributed by atoms with Gasteiger partial charge in [-0.1, -0.05) is 6.92 Å². The lowest BCUT2D eigenvalue weighted by Crippen LogP contribution is -2.63. The zero-order valence-corrected chi connectivity index (χ0v) is 25.6. The first-order valence-corrected chi connectivity index (χ1v) is 15.6. The number of ether oxygens (including phenoxy) is 1. The number of benzene rings is 1. The van der Waals surface area contributed by atoms with Crippen LogP contribution in [-0.2, 0) is 25.7 Å². The molecule has 3 fully saturated rings. The highest BCUT2D eigenvalue weighted by molar-refractivity contribution is 8.03. The molecule has 2 N–H and O–H groups in total. The van der Waals surface area contributed by atoms with Gasteiger partial charge in [-0.3, -0.25) is 24.6 Å². The van der Waals surface area contributed by atoms with E-state index in [4.69, 9.17) is 4.74 Å². The molecule has 0 bridgehead atoms. The Labute approximate surface area is 258 Å². The Morgan fingerprint density at radius 2 is 1.80 bits per heavy atom. The molecule has 0 saturated carbocycles. The Balaban J connectivity index is 1.15. The van der Waals surface area contributed by atoms with Gasteiger partial charge in [0.2, 0.25) is 11.8 Å². The number of thioether (sulfide) groups is 1. The number of aliphatic hydroxyl groups is 1. The maximum absolute atomic E-state index is 13.6. The van der Waals surface area contributed by atoms with E-state index in [-0.39, 0.29) is 47.0 Å². The van der Waals surface area contributed by atoms with Crippen LogP contribution in [0.4, 0.5) is 10.5 Å². The average Bonchev–Trinajstić information content (AvgIpc) is 3.32. The fourth-order valence-electron chi connectivity index (χ4n) is 6.67. The molecule has 3 saturated heterocycles. The van der Waals surface area contributed by atoms with Gasteiger partial charge in [0, 0.05) is 60.9 Å². The van der Waals surface area contributed by atoms with E-state index in [1.54, 1.807) is 16.7 Å². The third-order valence-electron chi connectivity index (χ3n) is 8.97. The van der Waals surface area contributed by atoms with Gasteiger partial charge in [-0.25, -0.2) is 9.59 Å². The van der Waals surface area contributed by atoms with Gasteiger partial charge in [-0.2, -0.15) is 0 Å². The van der Waals surface area contributed by atoms with Crippen LogP contribution in [0.5, 0.6) is 0 Å². The van der Waals surface area contributed by atoms with Crippen molar-refractivity contribution in [2.45, 2.75) is 56.7 Å². The molecule has 6 atom stereocenters. The van der Waals surface area contributed by atoms with Crippen LogP contribution >= 0.6 is 11.8 Å². The maximum atomic E-state index is 13.6. The van der Waals surface area contributed by atoms with E-state index >= 15 is 0 Å². The summed E-state index contributed by atoms with van der Waals surface area (Å²) in [5.41, 5.74) is 0.572. The monoisotopic (exact) mass is 631 g/mol. The number of likely N-dealkylation sites (tertiary alicyclic amines) is 1. The average molecular weight is 632 g/mol.